The van der Waals surface area contributed by atoms with Crippen LogP contribution in [0.1, 0.15) is 30.0 Å². The first kappa shape index (κ1) is 19.3. The number of aryl methyl sites for hydroxylation is 1. The standard InChI is InChI=1S/C23H25NO5/c1-4-5-15-10-22(25)29-23-18(15)8-9-20-19(23)13-24(14-28-20)12-16-6-7-17(26-2)11-21(16)27-3/h6-11H,4-5,12-14H2,1-3H3/p+1. The van der Waals surface area contributed by atoms with E-state index in [9.17, 15) is 4.79 Å². The zero-order valence-electron chi connectivity index (χ0n) is 17.0. The van der Waals surface area contributed by atoms with Gasteiger partial charge in [0.1, 0.15) is 30.3 Å². The first-order valence-corrected chi connectivity index (χ1v) is 9.88. The molecule has 0 spiro atoms. The molecule has 1 unspecified atom stereocenters. The van der Waals surface area contributed by atoms with Gasteiger partial charge in [0.05, 0.1) is 19.8 Å². The highest BCUT2D eigenvalue weighted by atomic mass is 16.5. The van der Waals surface area contributed by atoms with E-state index in [1.54, 1.807) is 20.3 Å². The van der Waals surface area contributed by atoms with Crippen molar-refractivity contribution in [3.63, 3.8) is 0 Å². The first-order valence-electron chi connectivity index (χ1n) is 9.88. The van der Waals surface area contributed by atoms with Crippen molar-refractivity contribution in [2.45, 2.75) is 32.9 Å². The maximum atomic E-state index is 12.1. The Hall–Kier alpha value is -2.99. The molecule has 1 aliphatic rings. The minimum atomic E-state index is -0.307. The van der Waals surface area contributed by atoms with Crippen molar-refractivity contribution in [3.05, 3.63) is 63.5 Å². The summed E-state index contributed by atoms with van der Waals surface area (Å²) in [6.45, 7) is 4.07. The molecule has 1 aromatic heterocycles. The molecule has 152 valence electrons. The van der Waals surface area contributed by atoms with Gasteiger partial charge in [-0.15, -0.1) is 0 Å². The average Bonchev–Trinajstić information content (AvgIpc) is 2.74. The zero-order valence-corrected chi connectivity index (χ0v) is 17.0. The molecule has 2 aromatic carbocycles. The van der Waals surface area contributed by atoms with Gasteiger partial charge < -0.3 is 18.6 Å². The van der Waals surface area contributed by atoms with Crippen molar-refractivity contribution in [2.75, 3.05) is 21.0 Å². The predicted octanol–water partition coefficient (Wildman–Crippen LogP) is 2.70. The van der Waals surface area contributed by atoms with Crippen LogP contribution >= 0.6 is 0 Å². The van der Waals surface area contributed by atoms with E-state index in [0.717, 1.165) is 58.7 Å². The van der Waals surface area contributed by atoms with Crippen molar-refractivity contribution in [2.24, 2.45) is 0 Å². The summed E-state index contributed by atoms with van der Waals surface area (Å²) in [7, 11) is 3.30. The number of rotatable bonds is 6. The van der Waals surface area contributed by atoms with Crippen LogP contribution in [0.3, 0.4) is 0 Å². The van der Waals surface area contributed by atoms with Crippen LogP contribution in [-0.4, -0.2) is 21.0 Å². The molecule has 0 bridgehead atoms. The van der Waals surface area contributed by atoms with Gasteiger partial charge in [-0.25, -0.2) is 4.79 Å². The number of ether oxygens (including phenoxy) is 3. The van der Waals surface area contributed by atoms with Crippen LogP contribution in [0.15, 0.2) is 45.6 Å². The molecule has 1 N–H and O–H groups in total. The Bertz CT molecular complexity index is 1090. The second-order valence-corrected chi connectivity index (χ2v) is 7.33. The number of fused-ring (bicyclic) bond motifs is 3. The second kappa shape index (κ2) is 8.17. The summed E-state index contributed by atoms with van der Waals surface area (Å²) in [5.74, 6) is 2.34. The average molecular weight is 396 g/mol. The largest absolute Gasteiger partial charge is 0.497 e. The number of benzene rings is 2. The Morgan fingerprint density at radius 3 is 2.69 bits per heavy atom. The zero-order chi connectivity index (χ0) is 20.4. The minimum absolute atomic E-state index is 0.307. The van der Waals surface area contributed by atoms with E-state index in [1.807, 2.05) is 30.3 Å². The van der Waals surface area contributed by atoms with Crippen LogP contribution in [0, 0.1) is 0 Å². The lowest BCUT2D eigenvalue weighted by Crippen LogP contribution is -3.10. The summed E-state index contributed by atoms with van der Waals surface area (Å²) < 4.78 is 22.5. The molecule has 0 amide bonds. The van der Waals surface area contributed by atoms with Crippen LogP contribution in [-0.2, 0) is 19.5 Å². The monoisotopic (exact) mass is 396 g/mol. The van der Waals surface area contributed by atoms with E-state index in [4.69, 9.17) is 18.6 Å². The first-order chi connectivity index (χ1) is 14.1. The summed E-state index contributed by atoms with van der Waals surface area (Å²) in [5, 5.41) is 0.997. The minimum Gasteiger partial charge on any atom is -0.497 e. The van der Waals surface area contributed by atoms with Gasteiger partial charge in [-0.1, -0.05) is 13.3 Å². The number of methoxy groups -OCH3 is 2. The van der Waals surface area contributed by atoms with Gasteiger partial charge in [-0.2, -0.15) is 0 Å². The summed E-state index contributed by atoms with van der Waals surface area (Å²) in [5.41, 5.74) is 3.40. The van der Waals surface area contributed by atoms with Crippen LogP contribution in [0.5, 0.6) is 17.2 Å². The molecule has 1 atom stereocenters. The maximum absolute atomic E-state index is 12.1. The van der Waals surface area contributed by atoms with Crippen molar-refractivity contribution >= 4 is 11.0 Å². The summed E-state index contributed by atoms with van der Waals surface area (Å²) in [4.78, 5) is 13.3. The molecule has 6 nitrogen and oxygen atoms in total. The van der Waals surface area contributed by atoms with Crippen LogP contribution < -0.4 is 24.7 Å². The van der Waals surface area contributed by atoms with E-state index in [1.165, 1.54) is 4.90 Å². The number of hydrogen-bond donors (Lipinski definition) is 1. The Labute approximate surface area is 169 Å². The molecule has 3 aromatic rings. The molecule has 0 saturated carbocycles. The maximum Gasteiger partial charge on any atom is 0.336 e. The molecule has 0 saturated heterocycles. The molecule has 0 fully saturated rings. The summed E-state index contributed by atoms with van der Waals surface area (Å²) in [6, 6.07) is 11.4. The van der Waals surface area contributed by atoms with Crippen molar-refractivity contribution < 1.29 is 23.5 Å². The lowest BCUT2D eigenvalue weighted by molar-refractivity contribution is -0.945. The van der Waals surface area contributed by atoms with Gasteiger partial charge in [-0.3, -0.25) is 4.90 Å². The van der Waals surface area contributed by atoms with E-state index in [0.29, 0.717) is 18.9 Å². The fraction of sp³-hybridized carbons (Fsp3) is 0.348. The van der Waals surface area contributed by atoms with Gasteiger partial charge in [0, 0.05) is 23.1 Å². The van der Waals surface area contributed by atoms with E-state index in [2.05, 4.69) is 6.92 Å². The molecular formula is C23H26NO5+. The van der Waals surface area contributed by atoms with E-state index >= 15 is 0 Å². The third-order valence-electron chi connectivity index (χ3n) is 5.37. The lowest BCUT2D eigenvalue weighted by Gasteiger charge is -2.27. The third-order valence-corrected chi connectivity index (χ3v) is 5.37. The highest BCUT2D eigenvalue weighted by molar-refractivity contribution is 5.85. The highest BCUT2D eigenvalue weighted by Crippen LogP contribution is 2.31. The van der Waals surface area contributed by atoms with Crippen molar-refractivity contribution in [1.82, 2.24) is 0 Å². The van der Waals surface area contributed by atoms with Crippen molar-refractivity contribution in [3.8, 4) is 17.2 Å². The quantitative estimate of drug-likeness (QED) is 0.649. The highest BCUT2D eigenvalue weighted by Gasteiger charge is 2.26. The van der Waals surface area contributed by atoms with E-state index in [-0.39, 0.29) is 5.63 Å². The molecule has 6 heteroatoms. The molecule has 0 aliphatic carbocycles. The molecular weight excluding hydrogens is 370 g/mol. The van der Waals surface area contributed by atoms with Gasteiger partial charge in [0.15, 0.2) is 5.58 Å². The van der Waals surface area contributed by atoms with Crippen molar-refractivity contribution in [1.29, 1.82) is 0 Å². The fourth-order valence-electron chi connectivity index (χ4n) is 3.97. The topological polar surface area (TPSA) is 62.3 Å². The van der Waals surface area contributed by atoms with Gasteiger partial charge >= 0.3 is 5.63 Å². The molecule has 29 heavy (non-hydrogen) atoms. The molecule has 2 heterocycles. The molecule has 1 aliphatic heterocycles. The SMILES string of the molecule is CCCc1cc(=O)oc2c3c(ccc12)OC[NH+](Cc1ccc(OC)cc1OC)C3. The number of nitrogens with one attached hydrogen (secondary N) is 1. The normalized spacial score (nSPS) is 15.6. The van der Waals surface area contributed by atoms with Gasteiger partial charge in [-0.05, 0) is 36.2 Å². The lowest BCUT2D eigenvalue weighted by atomic mass is 10.0. The fourth-order valence-corrected chi connectivity index (χ4v) is 3.97. The Balaban J connectivity index is 1.67. The molecule has 0 radical (unpaired) electrons. The van der Waals surface area contributed by atoms with Crippen LogP contribution in [0.2, 0.25) is 0 Å². The predicted molar refractivity (Wildman–Crippen MR) is 110 cm³/mol. The van der Waals surface area contributed by atoms with Gasteiger partial charge in [0.25, 0.3) is 0 Å². The second-order valence-electron chi connectivity index (χ2n) is 7.33. The van der Waals surface area contributed by atoms with E-state index < -0.39 is 0 Å². The van der Waals surface area contributed by atoms with Crippen LogP contribution in [0.25, 0.3) is 11.0 Å². The Morgan fingerprint density at radius 2 is 1.93 bits per heavy atom. The van der Waals surface area contributed by atoms with Crippen LogP contribution in [0.4, 0.5) is 0 Å². The Morgan fingerprint density at radius 1 is 1.07 bits per heavy atom. The Kier molecular flexibility index (Phi) is 5.45. The number of hydrogen-bond acceptors (Lipinski definition) is 5. The summed E-state index contributed by atoms with van der Waals surface area (Å²) in [6.07, 6.45) is 1.82. The third kappa shape index (κ3) is 3.80. The number of quaternary nitrogens is 1. The van der Waals surface area contributed by atoms with Gasteiger partial charge in [0.2, 0.25) is 6.73 Å². The summed E-state index contributed by atoms with van der Waals surface area (Å²) >= 11 is 0. The smallest absolute Gasteiger partial charge is 0.336 e. The molecule has 4 rings (SSSR count).